The third-order valence-electron chi connectivity index (χ3n) is 15.4. The summed E-state index contributed by atoms with van der Waals surface area (Å²) in [6, 6.07) is 0. The lowest BCUT2D eigenvalue weighted by molar-refractivity contribution is -0.213. The van der Waals surface area contributed by atoms with Crippen LogP contribution < -0.4 is 0 Å². The van der Waals surface area contributed by atoms with E-state index in [1.807, 2.05) is 21.3 Å². The van der Waals surface area contributed by atoms with Crippen LogP contribution in [0, 0.1) is 50.7 Å². The second kappa shape index (κ2) is 8.23. The lowest BCUT2D eigenvalue weighted by Crippen LogP contribution is -2.61. The van der Waals surface area contributed by atoms with Gasteiger partial charge in [0, 0.05) is 27.2 Å². The molecule has 1 saturated heterocycles. The maximum atomic E-state index is 7.09. The SMILES string of the molecule is COC1CC2(C)C3CC(OC)C4C(C)(C)C(C)CCC45CC35CCC2(C)C1C1(C)CCC(C(C)(C)OC)O1. The maximum Gasteiger partial charge on any atom is 0.0883 e. The van der Waals surface area contributed by atoms with Crippen molar-refractivity contribution in [1.82, 2.24) is 0 Å². The zero-order chi connectivity index (χ0) is 27.7. The number of fused-ring (bicyclic) bond motifs is 2. The van der Waals surface area contributed by atoms with Gasteiger partial charge in [0.05, 0.1) is 29.5 Å². The predicted octanol–water partition coefficient (Wildman–Crippen LogP) is 7.67. The largest absolute Gasteiger partial charge is 0.381 e. The molecule has 0 bridgehead atoms. The first-order valence-corrected chi connectivity index (χ1v) is 15.9. The van der Waals surface area contributed by atoms with Crippen LogP contribution in [0.2, 0.25) is 0 Å². The average molecular weight is 531 g/mol. The van der Waals surface area contributed by atoms with Gasteiger partial charge in [0.2, 0.25) is 0 Å². The Balaban J connectivity index is 1.38. The molecular weight excluding hydrogens is 472 g/mol. The Hall–Kier alpha value is -0.160. The molecule has 12 unspecified atom stereocenters. The van der Waals surface area contributed by atoms with Gasteiger partial charge in [0.25, 0.3) is 0 Å². The van der Waals surface area contributed by atoms with Gasteiger partial charge in [-0.2, -0.15) is 0 Å². The molecule has 4 heteroatoms. The van der Waals surface area contributed by atoms with E-state index in [4.69, 9.17) is 18.9 Å². The van der Waals surface area contributed by atoms with Crippen LogP contribution in [0.15, 0.2) is 0 Å². The van der Waals surface area contributed by atoms with Gasteiger partial charge in [-0.1, -0.05) is 34.6 Å². The highest BCUT2D eigenvalue weighted by molar-refractivity contribution is 5.33. The van der Waals surface area contributed by atoms with E-state index in [0.717, 1.165) is 25.2 Å². The van der Waals surface area contributed by atoms with Crippen molar-refractivity contribution >= 4 is 0 Å². The van der Waals surface area contributed by atoms with E-state index in [9.17, 15) is 0 Å². The van der Waals surface area contributed by atoms with Crippen molar-refractivity contribution in [3.63, 3.8) is 0 Å². The van der Waals surface area contributed by atoms with Crippen molar-refractivity contribution < 1.29 is 18.9 Å². The van der Waals surface area contributed by atoms with Crippen molar-refractivity contribution in [3.8, 4) is 0 Å². The zero-order valence-corrected chi connectivity index (χ0v) is 26.5. The molecule has 0 N–H and O–H groups in total. The van der Waals surface area contributed by atoms with Crippen molar-refractivity contribution in [2.24, 2.45) is 50.7 Å². The third-order valence-corrected chi connectivity index (χ3v) is 15.4. The van der Waals surface area contributed by atoms with E-state index in [2.05, 4.69) is 55.4 Å². The Morgan fingerprint density at radius 2 is 1.45 bits per heavy atom. The van der Waals surface area contributed by atoms with Gasteiger partial charge in [-0.15, -0.1) is 0 Å². The molecule has 6 aliphatic rings. The van der Waals surface area contributed by atoms with Crippen molar-refractivity contribution in [3.05, 3.63) is 0 Å². The molecule has 0 radical (unpaired) electrons. The zero-order valence-electron chi connectivity index (χ0n) is 26.5. The molecule has 0 aromatic carbocycles. The highest BCUT2D eigenvalue weighted by atomic mass is 16.6. The fourth-order valence-electron chi connectivity index (χ4n) is 12.8. The summed E-state index contributed by atoms with van der Waals surface area (Å²) in [6.07, 6.45) is 12.2. The standard InChI is InChI=1S/C34H58O4/c1-21-12-15-34-20-33(34)17-16-30(6)27(32(8)14-13-25(38-32)29(4,5)37-11)23(36-10)19-31(30,7)24(33)18-22(35-9)26(34)28(21,2)3/h21-27H,12-20H2,1-11H3. The summed E-state index contributed by atoms with van der Waals surface area (Å²) in [7, 11) is 5.80. The van der Waals surface area contributed by atoms with Crippen LogP contribution in [0.25, 0.3) is 0 Å². The molecule has 1 aliphatic heterocycles. The fraction of sp³-hybridized carbons (Fsp3) is 1.00. The first-order valence-electron chi connectivity index (χ1n) is 15.9. The molecule has 12 atom stereocenters. The molecule has 6 fully saturated rings. The summed E-state index contributed by atoms with van der Waals surface area (Å²) in [5.74, 6) is 2.57. The summed E-state index contributed by atoms with van der Waals surface area (Å²) in [5, 5.41) is 0. The molecule has 0 aromatic rings. The predicted molar refractivity (Wildman–Crippen MR) is 152 cm³/mol. The number of hydrogen-bond acceptors (Lipinski definition) is 4. The second-order valence-electron chi connectivity index (χ2n) is 16.8. The Bertz CT molecular complexity index is 960. The van der Waals surface area contributed by atoms with Crippen LogP contribution in [0.1, 0.15) is 113 Å². The molecule has 4 nitrogen and oxygen atoms in total. The van der Waals surface area contributed by atoms with Gasteiger partial charge in [-0.05, 0) is 123 Å². The lowest BCUT2D eigenvalue weighted by Gasteiger charge is -2.65. The van der Waals surface area contributed by atoms with E-state index in [1.54, 1.807) is 0 Å². The molecule has 6 rings (SSSR count). The Labute approximate surface area is 233 Å². The highest BCUT2D eigenvalue weighted by Gasteiger charge is 2.84. The molecule has 5 saturated carbocycles. The fourth-order valence-corrected chi connectivity index (χ4v) is 12.8. The first kappa shape index (κ1) is 28.0. The van der Waals surface area contributed by atoms with Gasteiger partial charge in [0.15, 0.2) is 0 Å². The minimum atomic E-state index is -0.269. The summed E-state index contributed by atoms with van der Waals surface area (Å²) < 4.78 is 25.9. The lowest BCUT2D eigenvalue weighted by atomic mass is 9.40. The van der Waals surface area contributed by atoms with E-state index in [-0.39, 0.29) is 34.2 Å². The van der Waals surface area contributed by atoms with Crippen LogP contribution in [0.4, 0.5) is 0 Å². The summed E-state index contributed by atoms with van der Waals surface area (Å²) in [6.45, 7) is 19.7. The van der Waals surface area contributed by atoms with Gasteiger partial charge in [0.1, 0.15) is 0 Å². The van der Waals surface area contributed by atoms with Crippen LogP contribution in [0.5, 0.6) is 0 Å². The number of hydrogen-bond donors (Lipinski definition) is 0. The molecular formula is C34H58O4. The molecule has 2 spiro atoms. The van der Waals surface area contributed by atoms with Gasteiger partial charge < -0.3 is 18.9 Å². The molecule has 38 heavy (non-hydrogen) atoms. The van der Waals surface area contributed by atoms with Crippen molar-refractivity contribution in [2.75, 3.05) is 21.3 Å². The van der Waals surface area contributed by atoms with Crippen LogP contribution in [-0.4, -0.2) is 50.8 Å². The van der Waals surface area contributed by atoms with Crippen LogP contribution >= 0.6 is 0 Å². The monoisotopic (exact) mass is 530 g/mol. The van der Waals surface area contributed by atoms with Gasteiger partial charge in [-0.25, -0.2) is 0 Å². The average Bonchev–Trinajstić information content (AvgIpc) is 3.22. The number of rotatable bonds is 5. The van der Waals surface area contributed by atoms with Crippen molar-refractivity contribution in [2.45, 2.75) is 143 Å². The second-order valence-corrected chi connectivity index (χ2v) is 16.8. The van der Waals surface area contributed by atoms with E-state index >= 15 is 0 Å². The Morgan fingerprint density at radius 1 is 0.763 bits per heavy atom. The van der Waals surface area contributed by atoms with E-state index < -0.39 is 0 Å². The molecule has 1 heterocycles. The highest BCUT2D eigenvalue weighted by Crippen LogP contribution is 2.89. The summed E-state index contributed by atoms with van der Waals surface area (Å²) >= 11 is 0. The Morgan fingerprint density at radius 3 is 2.08 bits per heavy atom. The minimum Gasteiger partial charge on any atom is -0.381 e. The first-order chi connectivity index (χ1) is 17.6. The molecule has 218 valence electrons. The van der Waals surface area contributed by atoms with Crippen LogP contribution in [-0.2, 0) is 18.9 Å². The van der Waals surface area contributed by atoms with Crippen LogP contribution in [0.3, 0.4) is 0 Å². The molecule has 0 amide bonds. The van der Waals surface area contributed by atoms with Gasteiger partial charge in [-0.3, -0.25) is 0 Å². The molecule has 5 aliphatic carbocycles. The number of methoxy groups -OCH3 is 3. The molecule has 0 aromatic heterocycles. The van der Waals surface area contributed by atoms with E-state index in [1.165, 1.54) is 38.5 Å². The maximum absolute atomic E-state index is 7.09. The van der Waals surface area contributed by atoms with Crippen molar-refractivity contribution in [1.29, 1.82) is 0 Å². The van der Waals surface area contributed by atoms with E-state index in [0.29, 0.717) is 40.1 Å². The normalized spacial score (nSPS) is 57.1. The topological polar surface area (TPSA) is 36.9 Å². The minimum absolute atomic E-state index is 0.131. The Kier molecular flexibility index (Phi) is 6.06. The smallest absolute Gasteiger partial charge is 0.0883 e. The summed E-state index contributed by atoms with van der Waals surface area (Å²) in [4.78, 5) is 0. The quantitative estimate of drug-likeness (QED) is 0.365. The number of ether oxygens (including phenoxy) is 4. The van der Waals surface area contributed by atoms with Gasteiger partial charge >= 0.3 is 0 Å². The third kappa shape index (κ3) is 3.13. The summed E-state index contributed by atoms with van der Waals surface area (Å²) in [5.41, 5.74) is 1.31.